The van der Waals surface area contributed by atoms with Gasteiger partial charge in [0, 0.05) is 12.6 Å². The third kappa shape index (κ3) is 2.35. The minimum atomic E-state index is 0.621. The second-order valence-electron chi connectivity index (χ2n) is 8.34. The maximum atomic E-state index is 4.98. The first kappa shape index (κ1) is 15.4. The highest BCUT2D eigenvalue weighted by Gasteiger charge is 2.40. The van der Waals surface area contributed by atoms with E-state index in [1.165, 1.54) is 47.2 Å². The quantitative estimate of drug-likeness (QED) is 0.507. The summed E-state index contributed by atoms with van der Waals surface area (Å²) < 4.78 is 4.86. The highest BCUT2D eigenvalue weighted by atomic mass is 15.1. The second-order valence-corrected chi connectivity index (χ2v) is 8.34. The molecule has 0 spiro atoms. The molecule has 2 fully saturated rings. The highest BCUT2D eigenvalue weighted by Crippen LogP contribution is 2.51. The lowest BCUT2D eigenvalue weighted by Crippen LogP contribution is -2.03. The molecule has 0 amide bonds. The number of nitrogens with zero attached hydrogens (tertiary/aromatic N) is 4. The van der Waals surface area contributed by atoms with Gasteiger partial charge in [-0.15, -0.1) is 0 Å². The fourth-order valence-corrected chi connectivity index (χ4v) is 4.84. The van der Waals surface area contributed by atoms with Crippen LogP contribution in [0.5, 0.6) is 0 Å². The van der Waals surface area contributed by atoms with E-state index in [9.17, 15) is 0 Å². The van der Waals surface area contributed by atoms with Crippen molar-refractivity contribution in [2.45, 2.75) is 51.6 Å². The number of rotatable bonds is 4. The molecule has 0 radical (unpaired) electrons. The van der Waals surface area contributed by atoms with Gasteiger partial charge in [-0.2, -0.15) is 0 Å². The molecule has 4 heteroatoms. The van der Waals surface area contributed by atoms with Crippen LogP contribution < -0.4 is 0 Å². The van der Waals surface area contributed by atoms with Crippen molar-refractivity contribution >= 4 is 22.1 Å². The maximum absolute atomic E-state index is 4.98. The van der Waals surface area contributed by atoms with Gasteiger partial charge < -0.3 is 9.13 Å². The predicted molar refractivity (Wildman–Crippen MR) is 108 cm³/mol. The SMILES string of the molecule is Cc1nc2ccccc2n1CC1CC1c1cccc2c1nc(C)n2C1CC1. The van der Waals surface area contributed by atoms with Crippen molar-refractivity contribution in [3.05, 3.63) is 59.7 Å². The van der Waals surface area contributed by atoms with E-state index in [1.807, 2.05) is 0 Å². The van der Waals surface area contributed by atoms with Crippen LogP contribution in [0.15, 0.2) is 42.5 Å². The third-order valence-corrected chi connectivity index (χ3v) is 6.42. The largest absolute Gasteiger partial charge is 0.328 e. The third-order valence-electron chi connectivity index (χ3n) is 6.42. The van der Waals surface area contributed by atoms with Crippen LogP contribution in [0.3, 0.4) is 0 Å². The summed E-state index contributed by atoms with van der Waals surface area (Å²) in [5, 5.41) is 0. The summed E-state index contributed by atoms with van der Waals surface area (Å²) in [6.07, 6.45) is 3.85. The minimum absolute atomic E-state index is 0.621. The molecule has 2 unspecified atom stereocenters. The van der Waals surface area contributed by atoms with E-state index in [4.69, 9.17) is 9.97 Å². The van der Waals surface area contributed by atoms with Crippen molar-refractivity contribution in [2.24, 2.45) is 5.92 Å². The highest BCUT2D eigenvalue weighted by molar-refractivity contribution is 5.81. The van der Waals surface area contributed by atoms with Crippen LogP contribution >= 0.6 is 0 Å². The number of hydrogen-bond acceptors (Lipinski definition) is 2. The van der Waals surface area contributed by atoms with E-state index < -0.39 is 0 Å². The van der Waals surface area contributed by atoms with Crippen LogP contribution in [0.4, 0.5) is 0 Å². The zero-order valence-electron chi connectivity index (χ0n) is 15.9. The topological polar surface area (TPSA) is 35.6 Å². The van der Waals surface area contributed by atoms with Crippen molar-refractivity contribution in [2.75, 3.05) is 0 Å². The molecule has 2 saturated carbocycles. The first-order valence-electron chi connectivity index (χ1n) is 10.1. The molecule has 0 bridgehead atoms. The van der Waals surface area contributed by atoms with E-state index in [0.717, 1.165) is 17.9 Å². The van der Waals surface area contributed by atoms with Crippen LogP contribution in [0.25, 0.3) is 22.1 Å². The maximum Gasteiger partial charge on any atom is 0.106 e. The molecular weight excluding hydrogens is 332 g/mol. The van der Waals surface area contributed by atoms with Crippen molar-refractivity contribution in [3.63, 3.8) is 0 Å². The van der Waals surface area contributed by atoms with Crippen LogP contribution in [0.1, 0.15) is 48.4 Å². The number of benzene rings is 2. The Hall–Kier alpha value is -2.62. The summed E-state index contributed by atoms with van der Waals surface area (Å²) >= 11 is 0. The first-order chi connectivity index (χ1) is 13.2. The number of hydrogen-bond donors (Lipinski definition) is 0. The van der Waals surface area contributed by atoms with Gasteiger partial charge in [0.1, 0.15) is 11.6 Å². The van der Waals surface area contributed by atoms with Crippen molar-refractivity contribution < 1.29 is 0 Å². The lowest BCUT2D eigenvalue weighted by molar-refractivity contribution is 0.612. The molecule has 2 heterocycles. The van der Waals surface area contributed by atoms with Gasteiger partial charge in [-0.25, -0.2) is 9.97 Å². The van der Waals surface area contributed by atoms with Crippen LogP contribution in [-0.4, -0.2) is 19.1 Å². The Morgan fingerprint density at radius 1 is 0.926 bits per heavy atom. The molecule has 0 aliphatic heterocycles. The van der Waals surface area contributed by atoms with Crippen molar-refractivity contribution in [1.29, 1.82) is 0 Å². The molecule has 2 aliphatic carbocycles. The standard InChI is InChI=1S/C23H24N4/c1-14-24-20-7-3-4-8-21(20)26(14)13-16-12-19(16)18-6-5-9-22-23(18)25-15(2)27(22)17-10-11-17/h3-9,16-17,19H,10-13H2,1-2H3. The second kappa shape index (κ2) is 5.44. The predicted octanol–water partition coefficient (Wildman–Crippen LogP) is 5.14. The van der Waals surface area contributed by atoms with E-state index in [0.29, 0.717) is 17.9 Å². The molecule has 2 aromatic heterocycles. The summed E-state index contributed by atoms with van der Waals surface area (Å²) in [5.74, 6) is 3.59. The Labute approximate surface area is 158 Å². The average Bonchev–Trinajstić information content (AvgIpc) is 3.57. The van der Waals surface area contributed by atoms with Crippen LogP contribution in [-0.2, 0) is 6.54 Å². The lowest BCUT2D eigenvalue weighted by Gasteiger charge is -2.08. The van der Waals surface area contributed by atoms with Crippen molar-refractivity contribution in [3.8, 4) is 0 Å². The van der Waals surface area contributed by atoms with E-state index >= 15 is 0 Å². The molecule has 2 atom stereocenters. The Morgan fingerprint density at radius 3 is 2.59 bits per heavy atom. The Morgan fingerprint density at radius 2 is 1.74 bits per heavy atom. The molecule has 2 aromatic carbocycles. The summed E-state index contributed by atoms with van der Waals surface area (Å²) in [5.41, 5.74) is 6.38. The number of aryl methyl sites for hydroxylation is 2. The Balaban J connectivity index is 1.34. The summed E-state index contributed by atoms with van der Waals surface area (Å²) in [6, 6.07) is 15.9. The molecule has 136 valence electrons. The van der Waals surface area contributed by atoms with Crippen LogP contribution in [0, 0.1) is 19.8 Å². The molecular formula is C23H24N4. The lowest BCUT2D eigenvalue weighted by atomic mass is 10.1. The minimum Gasteiger partial charge on any atom is -0.328 e. The average molecular weight is 356 g/mol. The summed E-state index contributed by atoms with van der Waals surface area (Å²) in [4.78, 5) is 9.71. The molecule has 0 saturated heterocycles. The monoisotopic (exact) mass is 356 g/mol. The van der Waals surface area contributed by atoms with Gasteiger partial charge in [0.15, 0.2) is 0 Å². The Kier molecular flexibility index (Phi) is 3.11. The molecule has 27 heavy (non-hydrogen) atoms. The van der Waals surface area contributed by atoms with Crippen LogP contribution in [0.2, 0.25) is 0 Å². The Bertz CT molecular complexity index is 1180. The zero-order valence-corrected chi connectivity index (χ0v) is 15.9. The van der Waals surface area contributed by atoms with Gasteiger partial charge in [0.25, 0.3) is 0 Å². The van der Waals surface area contributed by atoms with Gasteiger partial charge in [-0.1, -0.05) is 24.3 Å². The van der Waals surface area contributed by atoms with Gasteiger partial charge in [-0.3, -0.25) is 0 Å². The van der Waals surface area contributed by atoms with E-state index in [-0.39, 0.29) is 0 Å². The normalized spacial score (nSPS) is 22.0. The zero-order chi connectivity index (χ0) is 18.1. The number of para-hydroxylation sites is 3. The number of fused-ring (bicyclic) bond motifs is 2. The van der Waals surface area contributed by atoms with Gasteiger partial charge in [0.2, 0.25) is 0 Å². The summed E-state index contributed by atoms with van der Waals surface area (Å²) in [6.45, 7) is 5.34. The van der Waals surface area contributed by atoms with Gasteiger partial charge >= 0.3 is 0 Å². The fourth-order valence-electron chi connectivity index (χ4n) is 4.84. The molecule has 4 aromatic rings. The molecule has 6 rings (SSSR count). The van der Waals surface area contributed by atoms with E-state index in [1.54, 1.807) is 0 Å². The van der Waals surface area contributed by atoms with Crippen molar-refractivity contribution in [1.82, 2.24) is 19.1 Å². The number of imidazole rings is 2. The molecule has 4 nitrogen and oxygen atoms in total. The molecule has 0 N–H and O–H groups in total. The van der Waals surface area contributed by atoms with Gasteiger partial charge in [-0.05, 0) is 68.7 Å². The fraction of sp³-hybridized carbons (Fsp3) is 0.391. The first-order valence-corrected chi connectivity index (χ1v) is 10.1. The van der Waals surface area contributed by atoms with E-state index in [2.05, 4.69) is 65.4 Å². The summed E-state index contributed by atoms with van der Waals surface area (Å²) in [7, 11) is 0. The van der Waals surface area contributed by atoms with Gasteiger partial charge in [0.05, 0.1) is 22.1 Å². The molecule has 2 aliphatic rings. The number of aromatic nitrogens is 4. The smallest absolute Gasteiger partial charge is 0.106 e.